The number of piperidine rings is 1. The molecule has 0 unspecified atom stereocenters. The van der Waals surface area contributed by atoms with Gasteiger partial charge in [0.05, 0.1) is 0 Å². The topological polar surface area (TPSA) is 67.5 Å². The average Bonchev–Trinajstić information content (AvgIpc) is 2.84. The number of nitrogens with two attached hydrogens (primary N) is 1. The Balaban J connectivity index is 1.70. The minimum atomic E-state index is 0.167. The third kappa shape index (κ3) is 1.70. The summed E-state index contributed by atoms with van der Waals surface area (Å²) in [5.74, 6) is 8.00. The minimum Gasteiger partial charge on any atom is -0.330 e. The van der Waals surface area contributed by atoms with Gasteiger partial charge in [-0.1, -0.05) is 19.9 Å². The Labute approximate surface area is 132 Å². The van der Waals surface area contributed by atoms with E-state index in [1.165, 1.54) is 30.7 Å². The first-order valence-electron chi connectivity index (χ1n) is 8.77. The lowest BCUT2D eigenvalue weighted by Crippen LogP contribution is -2.53. The predicted molar refractivity (Wildman–Crippen MR) is 86.9 cm³/mol. The Kier molecular flexibility index (Phi) is 2.98. The van der Waals surface area contributed by atoms with E-state index in [1.54, 1.807) is 0 Å². The maximum Gasteiger partial charge on any atom is 0.224 e. The molecule has 4 aliphatic rings. The van der Waals surface area contributed by atoms with Crippen LogP contribution in [-0.2, 0) is 4.79 Å². The van der Waals surface area contributed by atoms with E-state index in [9.17, 15) is 4.79 Å². The van der Waals surface area contributed by atoms with E-state index in [0.717, 1.165) is 25.2 Å². The van der Waals surface area contributed by atoms with Gasteiger partial charge in [0.25, 0.3) is 0 Å². The molecule has 3 N–H and O–H groups in total. The van der Waals surface area contributed by atoms with Crippen LogP contribution in [0.4, 0.5) is 0 Å². The molecule has 0 aromatic rings. The maximum absolute atomic E-state index is 11.8. The highest BCUT2D eigenvalue weighted by molar-refractivity contribution is 5.92. The summed E-state index contributed by atoms with van der Waals surface area (Å²) in [6, 6.07) is 0. The number of fused-ring (bicyclic) bond motifs is 5. The number of nitrogens with one attached hydrogen (secondary N) is 1. The molecule has 4 rings (SSSR count). The van der Waals surface area contributed by atoms with Gasteiger partial charge in [-0.05, 0) is 56.3 Å². The van der Waals surface area contributed by atoms with Crippen molar-refractivity contribution in [1.29, 1.82) is 0 Å². The van der Waals surface area contributed by atoms with Gasteiger partial charge in [-0.3, -0.25) is 4.79 Å². The zero-order valence-electron chi connectivity index (χ0n) is 13.7. The monoisotopic (exact) mass is 301 g/mol. The second-order valence-corrected chi connectivity index (χ2v) is 8.27. The van der Waals surface area contributed by atoms with Gasteiger partial charge in [0, 0.05) is 28.7 Å². The Morgan fingerprint density at radius 2 is 1.95 bits per heavy atom. The zero-order chi connectivity index (χ0) is 15.5. The molecule has 5 atom stereocenters. The number of nitrogens with zero attached hydrogens (tertiary/aromatic N) is 1. The fourth-order valence-corrected chi connectivity index (χ4v) is 6.19. The van der Waals surface area contributed by atoms with Crippen molar-refractivity contribution in [2.24, 2.45) is 39.5 Å². The van der Waals surface area contributed by atoms with Crippen molar-refractivity contribution in [1.82, 2.24) is 5.32 Å². The van der Waals surface area contributed by atoms with Gasteiger partial charge < -0.3 is 11.2 Å². The number of hydrogen-bond donors (Lipinski definition) is 2. The molecule has 0 spiro atoms. The SMILES string of the molecule is C[C@]12CCC(=O)NC1=CC[C@@H]1[C@H]2CC[C@]2(C)C(=NN)CC[C@@H]12. The van der Waals surface area contributed by atoms with Gasteiger partial charge >= 0.3 is 0 Å². The quantitative estimate of drug-likeness (QED) is 0.533. The van der Waals surface area contributed by atoms with Crippen molar-refractivity contribution in [2.75, 3.05) is 0 Å². The van der Waals surface area contributed by atoms with E-state index in [4.69, 9.17) is 5.84 Å². The molecule has 22 heavy (non-hydrogen) atoms. The highest BCUT2D eigenvalue weighted by Gasteiger charge is 2.58. The Hall–Kier alpha value is -1.32. The predicted octanol–water partition coefficient (Wildman–Crippen LogP) is 2.95. The Morgan fingerprint density at radius 3 is 2.73 bits per heavy atom. The summed E-state index contributed by atoms with van der Waals surface area (Å²) in [7, 11) is 0. The lowest BCUT2D eigenvalue weighted by molar-refractivity contribution is -0.124. The van der Waals surface area contributed by atoms with Crippen LogP contribution in [0.15, 0.2) is 16.9 Å². The minimum absolute atomic E-state index is 0.167. The summed E-state index contributed by atoms with van der Waals surface area (Å²) in [6.45, 7) is 4.77. The van der Waals surface area contributed by atoms with Crippen LogP contribution in [0.5, 0.6) is 0 Å². The second kappa shape index (κ2) is 4.59. The average molecular weight is 301 g/mol. The lowest BCUT2D eigenvalue weighted by Gasteiger charge is -2.56. The van der Waals surface area contributed by atoms with Crippen LogP contribution in [0, 0.1) is 28.6 Å². The number of amides is 1. The highest BCUT2D eigenvalue weighted by atomic mass is 16.1. The van der Waals surface area contributed by atoms with E-state index in [2.05, 4.69) is 30.3 Å². The van der Waals surface area contributed by atoms with Crippen molar-refractivity contribution >= 4 is 11.6 Å². The van der Waals surface area contributed by atoms with Crippen molar-refractivity contribution in [3.05, 3.63) is 11.8 Å². The van der Waals surface area contributed by atoms with Crippen LogP contribution < -0.4 is 11.2 Å². The van der Waals surface area contributed by atoms with Crippen LogP contribution in [0.2, 0.25) is 0 Å². The molecular formula is C18H27N3O. The number of hydrazone groups is 1. The molecule has 3 fully saturated rings. The molecule has 120 valence electrons. The largest absolute Gasteiger partial charge is 0.330 e. The molecule has 1 heterocycles. The molecule has 0 bridgehead atoms. The number of rotatable bonds is 0. The molecule has 2 saturated carbocycles. The van der Waals surface area contributed by atoms with Crippen LogP contribution >= 0.6 is 0 Å². The number of allylic oxidation sites excluding steroid dienone is 2. The van der Waals surface area contributed by atoms with Crippen molar-refractivity contribution in [3.63, 3.8) is 0 Å². The summed E-state index contributed by atoms with van der Waals surface area (Å²) in [4.78, 5) is 11.8. The molecule has 4 nitrogen and oxygen atoms in total. The first kappa shape index (κ1) is 14.3. The Morgan fingerprint density at radius 1 is 1.18 bits per heavy atom. The van der Waals surface area contributed by atoms with Crippen molar-refractivity contribution in [3.8, 4) is 0 Å². The molecule has 4 heteroatoms. The third-order valence-electron chi connectivity index (χ3n) is 7.51. The third-order valence-corrected chi connectivity index (χ3v) is 7.51. The zero-order valence-corrected chi connectivity index (χ0v) is 13.7. The van der Waals surface area contributed by atoms with E-state index >= 15 is 0 Å². The summed E-state index contributed by atoms with van der Waals surface area (Å²) in [6.07, 6.45) is 9.85. The fourth-order valence-electron chi connectivity index (χ4n) is 6.19. The lowest BCUT2D eigenvalue weighted by atomic mass is 9.50. The first-order valence-corrected chi connectivity index (χ1v) is 8.77. The van der Waals surface area contributed by atoms with Crippen LogP contribution in [0.3, 0.4) is 0 Å². The molecular weight excluding hydrogens is 274 g/mol. The maximum atomic E-state index is 11.8. The molecule has 0 aromatic heterocycles. The van der Waals surface area contributed by atoms with Crippen LogP contribution in [0.1, 0.15) is 58.8 Å². The smallest absolute Gasteiger partial charge is 0.224 e. The van der Waals surface area contributed by atoms with Crippen molar-refractivity contribution < 1.29 is 4.79 Å². The second-order valence-electron chi connectivity index (χ2n) is 8.27. The molecule has 1 saturated heterocycles. The number of carbonyl (C=O) groups is 1. The van der Waals surface area contributed by atoms with Crippen LogP contribution in [-0.4, -0.2) is 11.6 Å². The van der Waals surface area contributed by atoms with Gasteiger partial charge in [-0.15, -0.1) is 0 Å². The molecule has 1 amide bonds. The first-order chi connectivity index (χ1) is 10.5. The van der Waals surface area contributed by atoms with Gasteiger partial charge in [0.1, 0.15) is 0 Å². The number of carbonyl (C=O) groups excluding carboxylic acids is 1. The molecule has 1 aliphatic heterocycles. The standard InChI is InChI=1S/C18H27N3O/c1-17-10-8-16(22)20-14(17)5-3-11-12-4-6-15(21-19)18(12,2)9-7-13(11)17/h5,11-13H,3-4,6-10,19H2,1-2H3,(H,20,22)/t11-,12-,13+,17+,18-/m0/s1. The van der Waals surface area contributed by atoms with Gasteiger partial charge in [-0.2, -0.15) is 5.10 Å². The van der Waals surface area contributed by atoms with Gasteiger partial charge in [-0.25, -0.2) is 0 Å². The summed E-state index contributed by atoms with van der Waals surface area (Å²) in [5, 5.41) is 7.29. The van der Waals surface area contributed by atoms with E-state index in [0.29, 0.717) is 18.3 Å². The van der Waals surface area contributed by atoms with E-state index in [1.807, 2.05) is 0 Å². The normalized spacial score (nSPS) is 49.0. The summed E-state index contributed by atoms with van der Waals surface area (Å²) in [5.41, 5.74) is 2.84. The highest BCUT2D eigenvalue weighted by Crippen LogP contribution is 2.62. The molecule has 0 radical (unpaired) electrons. The summed E-state index contributed by atoms with van der Waals surface area (Å²) >= 11 is 0. The van der Waals surface area contributed by atoms with Crippen LogP contribution in [0.25, 0.3) is 0 Å². The van der Waals surface area contributed by atoms with Crippen molar-refractivity contribution in [2.45, 2.75) is 58.8 Å². The van der Waals surface area contributed by atoms with Gasteiger partial charge in [0.2, 0.25) is 5.91 Å². The number of hydrogen-bond acceptors (Lipinski definition) is 3. The Bertz CT molecular complexity index is 581. The van der Waals surface area contributed by atoms with E-state index in [-0.39, 0.29) is 16.7 Å². The van der Waals surface area contributed by atoms with E-state index < -0.39 is 0 Å². The fraction of sp³-hybridized carbons (Fsp3) is 0.778. The van der Waals surface area contributed by atoms with Gasteiger partial charge in [0.15, 0.2) is 0 Å². The molecule has 0 aromatic carbocycles. The summed E-state index contributed by atoms with van der Waals surface area (Å²) < 4.78 is 0. The molecule has 3 aliphatic carbocycles.